The van der Waals surface area contributed by atoms with Gasteiger partial charge in [-0.25, -0.2) is 4.39 Å². The first-order valence-electron chi connectivity index (χ1n) is 1.84. The van der Waals surface area contributed by atoms with Crippen LogP contribution in [-0.4, -0.2) is 16.0 Å². The van der Waals surface area contributed by atoms with Crippen LogP contribution in [-0.2, 0) is 4.79 Å². The van der Waals surface area contributed by atoms with E-state index >= 15 is 0 Å². The third-order valence-corrected chi connectivity index (χ3v) is 1.90. The number of rotatable bonds is 1. The molecule has 0 rings (SSSR count). The molecule has 0 saturated heterocycles. The van der Waals surface area contributed by atoms with Crippen molar-refractivity contribution >= 4 is 32.8 Å². The summed E-state index contributed by atoms with van der Waals surface area (Å²) in [4.78, 5) is 9.74. The standard InChI is InChI=1S/C3BrClF4O/c4-2(6,1(5)10)3(7,8)9/t2-/m1/s1. The smallest absolute Gasteiger partial charge is 0.276 e. The van der Waals surface area contributed by atoms with Crippen molar-refractivity contribution in [2.24, 2.45) is 0 Å². The van der Waals surface area contributed by atoms with Gasteiger partial charge in [-0.1, -0.05) is 0 Å². The molecule has 0 unspecified atom stereocenters. The first-order valence-corrected chi connectivity index (χ1v) is 3.01. The fraction of sp³-hybridized carbons (Fsp3) is 0.667. The number of halogens is 6. The van der Waals surface area contributed by atoms with E-state index in [-0.39, 0.29) is 0 Å². The molecule has 1 nitrogen and oxygen atoms in total. The van der Waals surface area contributed by atoms with E-state index in [0.717, 1.165) is 0 Å². The summed E-state index contributed by atoms with van der Waals surface area (Å²) >= 11 is 5.77. The fourth-order valence-corrected chi connectivity index (χ4v) is 0.219. The van der Waals surface area contributed by atoms with Gasteiger partial charge in [0.05, 0.1) is 0 Å². The van der Waals surface area contributed by atoms with Crippen LogP contribution in [0.5, 0.6) is 0 Å². The largest absolute Gasteiger partial charge is 0.441 e. The lowest BCUT2D eigenvalue weighted by Crippen LogP contribution is -2.39. The van der Waals surface area contributed by atoms with Crippen LogP contribution in [0.15, 0.2) is 0 Å². The summed E-state index contributed by atoms with van der Waals surface area (Å²) in [6, 6.07) is 0. The third-order valence-electron chi connectivity index (χ3n) is 0.603. The summed E-state index contributed by atoms with van der Waals surface area (Å²) in [5.74, 6) is 0. The molecule has 7 heteroatoms. The summed E-state index contributed by atoms with van der Waals surface area (Å²) in [5.41, 5.74) is 0. The average Bonchev–Trinajstić information content (AvgIpc) is 1.62. The van der Waals surface area contributed by atoms with E-state index in [0.29, 0.717) is 0 Å². The Kier molecular flexibility index (Phi) is 2.70. The van der Waals surface area contributed by atoms with Crippen LogP contribution >= 0.6 is 27.5 Å². The van der Waals surface area contributed by atoms with Gasteiger partial charge >= 0.3 is 10.8 Å². The molecule has 10 heavy (non-hydrogen) atoms. The highest BCUT2D eigenvalue weighted by Gasteiger charge is 2.59. The van der Waals surface area contributed by atoms with E-state index in [1.165, 1.54) is 15.9 Å². The molecule has 0 radical (unpaired) electrons. The van der Waals surface area contributed by atoms with Crippen molar-refractivity contribution in [3.63, 3.8) is 0 Å². The highest BCUT2D eigenvalue weighted by Crippen LogP contribution is 2.40. The molecule has 0 aromatic carbocycles. The van der Waals surface area contributed by atoms with Crippen molar-refractivity contribution in [2.45, 2.75) is 10.8 Å². The topological polar surface area (TPSA) is 17.1 Å². The van der Waals surface area contributed by atoms with E-state index < -0.39 is 16.0 Å². The number of carbonyl (C=O) groups is 1. The van der Waals surface area contributed by atoms with Gasteiger partial charge in [-0.2, -0.15) is 13.2 Å². The van der Waals surface area contributed by atoms with Crippen LogP contribution in [0.2, 0.25) is 0 Å². The maximum Gasteiger partial charge on any atom is 0.441 e. The van der Waals surface area contributed by atoms with Crippen molar-refractivity contribution in [3.05, 3.63) is 0 Å². The fourth-order valence-electron chi connectivity index (χ4n) is 0.111. The van der Waals surface area contributed by atoms with Gasteiger partial charge in [0, 0.05) is 0 Å². The molecular formula is C3BrClF4O. The maximum atomic E-state index is 12.0. The Morgan fingerprint density at radius 3 is 1.60 bits per heavy atom. The molecule has 0 fully saturated rings. The highest BCUT2D eigenvalue weighted by molar-refractivity contribution is 9.10. The van der Waals surface area contributed by atoms with Gasteiger partial charge < -0.3 is 0 Å². The SMILES string of the molecule is O=C(Cl)[C@](F)(Br)C(F)(F)F. The van der Waals surface area contributed by atoms with Crippen molar-refractivity contribution in [1.82, 2.24) is 0 Å². The maximum absolute atomic E-state index is 12.0. The lowest BCUT2D eigenvalue weighted by Gasteiger charge is -2.16. The molecule has 60 valence electrons. The Labute approximate surface area is 66.5 Å². The van der Waals surface area contributed by atoms with Gasteiger partial charge in [-0.05, 0) is 27.5 Å². The van der Waals surface area contributed by atoms with E-state index in [1.807, 2.05) is 0 Å². The van der Waals surface area contributed by atoms with Crippen LogP contribution in [0.25, 0.3) is 0 Å². The summed E-state index contributed by atoms with van der Waals surface area (Å²) in [7, 11) is 0. The number of hydrogen-bond acceptors (Lipinski definition) is 1. The molecule has 0 aliphatic heterocycles. The molecule has 0 aromatic heterocycles. The monoisotopic (exact) mass is 242 g/mol. The van der Waals surface area contributed by atoms with E-state index in [1.54, 1.807) is 0 Å². The Bertz CT molecular complexity index is 153. The minimum absolute atomic E-state index is 1.49. The Hall–Kier alpha value is 0.160. The molecule has 0 spiro atoms. The number of carbonyl (C=O) groups excluding carboxylic acids is 1. The van der Waals surface area contributed by atoms with Crippen molar-refractivity contribution in [1.29, 1.82) is 0 Å². The summed E-state index contributed by atoms with van der Waals surface area (Å²) in [6.07, 6.45) is -5.31. The molecular weight excluding hydrogens is 243 g/mol. The summed E-state index contributed by atoms with van der Waals surface area (Å²) in [5, 5.41) is -2.14. The zero-order valence-corrected chi connectivity index (χ0v) is 6.52. The molecule has 0 N–H and O–H groups in total. The summed E-state index contributed by atoms with van der Waals surface area (Å²) < 4.78 is 42.0. The minimum Gasteiger partial charge on any atom is -0.276 e. The average molecular weight is 243 g/mol. The van der Waals surface area contributed by atoms with E-state index in [9.17, 15) is 22.4 Å². The summed E-state index contributed by atoms with van der Waals surface area (Å²) in [6.45, 7) is 0. The van der Waals surface area contributed by atoms with Gasteiger partial charge in [0.15, 0.2) is 0 Å². The third kappa shape index (κ3) is 1.82. The molecule has 0 amide bonds. The van der Waals surface area contributed by atoms with Crippen molar-refractivity contribution in [3.8, 4) is 0 Å². The first-order chi connectivity index (χ1) is 4.19. The molecule has 1 atom stereocenters. The van der Waals surface area contributed by atoms with Gasteiger partial charge in [-0.15, -0.1) is 0 Å². The Balaban J connectivity index is 4.57. The predicted molar refractivity (Wildman–Crippen MR) is 29.7 cm³/mol. The molecule has 0 aliphatic carbocycles. The van der Waals surface area contributed by atoms with Crippen LogP contribution in [0.1, 0.15) is 0 Å². The van der Waals surface area contributed by atoms with E-state index in [2.05, 4.69) is 11.6 Å². The first kappa shape index (κ1) is 10.2. The van der Waals surface area contributed by atoms with Crippen molar-refractivity contribution < 1.29 is 22.4 Å². The minimum atomic E-state index is -5.31. The normalized spacial score (nSPS) is 18.2. The molecule has 0 heterocycles. The van der Waals surface area contributed by atoms with Crippen LogP contribution in [0, 0.1) is 0 Å². The molecule has 0 saturated carbocycles. The second kappa shape index (κ2) is 2.65. The molecule has 0 aromatic rings. The quantitative estimate of drug-likeness (QED) is 0.392. The molecule has 0 bridgehead atoms. The van der Waals surface area contributed by atoms with Gasteiger partial charge in [-0.3, -0.25) is 4.79 Å². The second-order valence-corrected chi connectivity index (χ2v) is 2.78. The molecule has 0 aliphatic rings. The Morgan fingerprint density at radius 1 is 1.30 bits per heavy atom. The highest BCUT2D eigenvalue weighted by atomic mass is 79.9. The lowest BCUT2D eigenvalue weighted by atomic mass is 10.4. The van der Waals surface area contributed by atoms with Crippen molar-refractivity contribution in [2.75, 3.05) is 0 Å². The van der Waals surface area contributed by atoms with E-state index in [4.69, 9.17) is 0 Å². The second-order valence-electron chi connectivity index (χ2n) is 1.35. The van der Waals surface area contributed by atoms with Gasteiger partial charge in [0.2, 0.25) is 0 Å². The van der Waals surface area contributed by atoms with Crippen LogP contribution < -0.4 is 0 Å². The predicted octanol–water partition coefficient (Wildman–Crippen LogP) is 2.37. The Morgan fingerprint density at radius 2 is 1.60 bits per heavy atom. The van der Waals surface area contributed by atoms with Gasteiger partial charge in [0.25, 0.3) is 5.24 Å². The van der Waals surface area contributed by atoms with Crippen LogP contribution in [0.4, 0.5) is 17.6 Å². The van der Waals surface area contributed by atoms with Crippen LogP contribution in [0.3, 0.4) is 0 Å². The lowest BCUT2D eigenvalue weighted by molar-refractivity contribution is -0.190. The number of alkyl halides is 5. The number of hydrogen-bond donors (Lipinski definition) is 0. The van der Waals surface area contributed by atoms with Gasteiger partial charge in [0.1, 0.15) is 0 Å². The zero-order chi connectivity index (χ0) is 8.58. The zero-order valence-electron chi connectivity index (χ0n) is 4.18.